The summed E-state index contributed by atoms with van der Waals surface area (Å²) in [6.07, 6.45) is 1.65. The Morgan fingerprint density at radius 3 is 2.70 bits per heavy atom. The highest BCUT2D eigenvalue weighted by Gasteiger charge is 2.16. The van der Waals surface area contributed by atoms with Crippen LogP contribution in [0.25, 0.3) is 11.3 Å². The van der Waals surface area contributed by atoms with Crippen molar-refractivity contribution >= 4 is 5.91 Å². The molecule has 0 fully saturated rings. The number of rotatable bonds is 8. The maximum atomic E-state index is 12.2. The molecule has 0 saturated carbocycles. The number of carbonyl (C=O) groups excluding carboxylic acids is 1. The molecule has 0 bridgehead atoms. The Bertz CT molecular complexity index is 608. The number of hydrogen-bond acceptors (Lipinski definition) is 4. The van der Waals surface area contributed by atoms with Crippen molar-refractivity contribution in [3.63, 3.8) is 0 Å². The Balaban J connectivity index is 1.94. The summed E-state index contributed by atoms with van der Waals surface area (Å²) in [6.45, 7) is 4.94. The van der Waals surface area contributed by atoms with E-state index in [0.29, 0.717) is 24.6 Å². The van der Waals surface area contributed by atoms with Crippen molar-refractivity contribution in [2.24, 2.45) is 11.8 Å². The Morgan fingerprint density at radius 1 is 1.30 bits per heavy atom. The molecule has 1 heterocycles. The van der Waals surface area contributed by atoms with Gasteiger partial charge in [0.25, 0.3) is 5.91 Å². The zero-order chi connectivity index (χ0) is 16.7. The minimum absolute atomic E-state index is 0.134. The smallest absolute Gasteiger partial charge is 0.273 e. The van der Waals surface area contributed by atoms with Gasteiger partial charge >= 0.3 is 0 Å². The molecule has 1 amide bonds. The van der Waals surface area contributed by atoms with Crippen LogP contribution in [0.4, 0.5) is 0 Å². The molecule has 23 heavy (non-hydrogen) atoms. The van der Waals surface area contributed by atoms with Gasteiger partial charge in [-0.25, -0.2) is 0 Å². The van der Waals surface area contributed by atoms with Gasteiger partial charge in [-0.3, -0.25) is 4.79 Å². The van der Waals surface area contributed by atoms with Gasteiger partial charge in [0, 0.05) is 24.8 Å². The number of aliphatic hydroxyl groups is 1. The molecule has 0 radical (unpaired) electrons. The van der Waals surface area contributed by atoms with E-state index in [-0.39, 0.29) is 24.1 Å². The van der Waals surface area contributed by atoms with Gasteiger partial charge < -0.3 is 14.9 Å². The fourth-order valence-electron chi connectivity index (χ4n) is 2.60. The second-order valence-corrected chi connectivity index (χ2v) is 6.16. The number of aromatic nitrogens is 1. The van der Waals surface area contributed by atoms with E-state index < -0.39 is 0 Å². The summed E-state index contributed by atoms with van der Waals surface area (Å²) in [7, 11) is 0. The molecule has 5 nitrogen and oxygen atoms in total. The topological polar surface area (TPSA) is 75.4 Å². The van der Waals surface area contributed by atoms with Crippen LogP contribution in [0.2, 0.25) is 0 Å². The number of nitrogens with zero attached hydrogens (tertiary/aromatic N) is 1. The summed E-state index contributed by atoms with van der Waals surface area (Å²) >= 11 is 0. The van der Waals surface area contributed by atoms with Crippen molar-refractivity contribution in [3.8, 4) is 11.3 Å². The number of nitrogens with one attached hydrogen (secondary N) is 1. The van der Waals surface area contributed by atoms with E-state index in [1.165, 1.54) is 0 Å². The van der Waals surface area contributed by atoms with Crippen molar-refractivity contribution in [1.82, 2.24) is 10.5 Å². The largest absolute Gasteiger partial charge is 0.396 e. The van der Waals surface area contributed by atoms with Gasteiger partial charge in [0.1, 0.15) is 0 Å². The average molecular weight is 316 g/mol. The van der Waals surface area contributed by atoms with Crippen LogP contribution in [-0.4, -0.2) is 29.3 Å². The van der Waals surface area contributed by atoms with Crippen molar-refractivity contribution in [3.05, 3.63) is 42.1 Å². The molecule has 0 aliphatic heterocycles. The van der Waals surface area contributed by atoms with Crippen LogP contribution in [0, 0.1) is 11.8 Å². The van der Waals surface area contributed by atoms with Gasteiger partial charge in [-0.05, 0) is 24.7 Å². The van der Waals surface area contributed by atoms with Crippen LogP contribution in [0.15, 0.2) is 40.9 Å². The lowest BCUT2D eigenvalue weighted by Gasteiger charge is -2.18. The average Bonchev–Trinajstić information content (AvgIpc) is 3.03. The minimum atomic E-state index is -0.248. The molecule has 0 aliphatic rings. The van der Waals surface area contributed by atoms with Crippen molar-refractivity contribution in [1.29, 1.82) is 0 Å². The molecule has 0 aliphatic carbocycles. The highest BCUT2D eigenvalue weighted by atomic mass is 16.5. The first kappa shape index (κ1) is 17.2. The van der Waals surface area contributed by atoms with E-state index in [0.717, 1.165) is 12.0 Å². The molecule has 124 valence electrons. The first-order chi connectivity index (χ1) is 11.1. The summed E-state index contributed by atoms with van der Waals surface area (Å²) in [5.41, 5.74) is 1.16. The van der Waals surface area contributed by atoms with Crippen LogP contribution < -0.4 is 5.32 Å². The SMILES string of the molecule is CC(C)CC(CCO)CNC(=O)c1cc(-c2ccccc2)on1. The molecular weight excluding hydrogens is 292 g/mol. The number of amides is 1. The number of aliphatic hydroxyl groups excluding tert-OH is 1. The molecule has 2 aromatic rings. The summed E-state index contributed by atoms with van der Waals surface area (Å²) in [6, 6.07) is 11.2. The van der Waals surface area contributed by atoms with Crippen LogP contribution in [0.3, 0.4) is 0 Å². The summed E-state index contributed by atoms with van der Waals surface area (Å²) in [4.78, 5) is 12.2. The fraction of sp³-hybridized carbons (Fsp3) is 0.444. The van der Waals surface area contributed by atoms with Crippen molar-refractivity contribution in [2.75, 3.05) is 13.2 Å². The Hall–Kier alpha value is -2.14. The van der Waals surface area contributed by atoms with E-state index in [4.69, 9.17) is 9.63 Å². The Morgan fingerprint density at radius 2 is 2.04 bits per heavy atom. The molecule has 1 aromatic heterocycles. The normalized spacial score (nSPS) is 12.3. The highest BCUT2D eigenvalue weighted by Crippen LogP contribution is 2.20. The Kier molecular flexibility index (Phi) is 6.35. The zero-order valence-corrected chi connectivity index (χ0v) is 13.7. The van der Waals surface area contributed by atoms with E-state index in [1.54, 1.807) is 6.07 Å². The Labute approximate surface area is 136 Å². The van der Waals surface area contributed by atoms with E-state index in [2.05, 4.69) is 24.3 Å². The first-order valence-electron chi connectivity index (χ1n) is 8.01. The predicted octanol–water partition coefficient (Wildman–Crippen LogP) is 3.12. The number of carbonyl (C=O) groups is 1. The molecule has 2 rings (SSSR count). The highest BCUT2D eigenvalue weighted by molar-refractivity contribution is 5.93. The molecule has 1 atom stereocenters. The van der Waals surface area contributed by atoms with Crippen LogP contribution in [-0.2, 0) is 0 Å². The third-order valence-corrected chi connectivity index (χ3v) is 3.69. The van der Waals surface area contributed by atoms with Crippen LogP contribution in [0.1, 0.15) is 37.2 Å². The second-order valence-electron chi connectivity index (χ2n) is 6.16. The van der Waals surface area contributed by atoms with Gasteiger partial charge in [-0.1, -0.05) is 49.3 Å². The lowest BCUT2D eigenvalue weighted by Crippen LogP contribution is -2.30. The maximum Gasteiger partial charge on any atom is 0.273 e. The molecular formula is C18H24N2O3. The summed E-state index contributed by atoms with van der Waals surface area (Å²) in [5.74, 6) is 1.12. The van der Waals surface area contributed by atoms with Gasteiger partial charge in [-0.2, -0.15) is 0 Å². The summed E-state index contributed by atoms with van der Waals surface area (Å²) < 4.78 is 5.24. The molecule has 0 saturated heterocycles. The molecule has 1 unspecified atom stereocenters. The standard InChI is InChI=1S/C18H24N2O3/c1-13(2)10-14(8-9-21)12-19-18(22)16-11-17(23-20-16)15-6-4-3-5-7-15/h3-7,11,13-14,21H,8-10,12H2,1-2H3,(H,19,22). The quantitative estimate of drug-likeness (QED) is 0.784. The maximum absolute atomic E-state index is 12.2. The third-order valence-electron chi connectivity index (χ3n) is 3.69. The lowest BCUT2D eigenvalue weighted by molar-refractivity contribution is 0.0932. The molecule has 0 spiro atoms. The van der Waals surface area contributed by atoms with Crippen LogP contribution >= 0.6 is 0 Å². The molecule has 2 N–H and O–H groups in total. The molecule has 1 aromatic carbocycles. The number of hydrogen-bond donors (Lipinski definition) is 2. The van der Waals surface area contributed by atoms with Crippen molar-refractivity contribution in [2.45, 2.75) is 26.7 Å². The summed E-state index contributed by atoms with van der Waals surface area (Å²) in [5, 5.41) is 15.8. The minimum Gasteiger partial charge on any atom is -0.396 e. The predicted molar refractivity (Wildman–Crippen MR) is 88.9 cm³/mol. The van der Waals surface area contributed by atoms with Gasteiger partial charge in [0.2, 0.25) is 0 Å². The second kappa shape index (κ2) is 8.48. The fourth-order valence-corrected chi connectivity index (χ4v) is 2.60. The van der Waals surface area contributed by atoms with Gasteiger partial charge in [-0.15, -0.1) is 0 Å². The lowest BCUT2D eigenvalue weighted by atomic mass is 9.94. The van der Waals surface area contributed by atoms with Crippen LogP contribution in [0.5, 0.6) is 0 Å². The van der Waals surface area contributed by atoms with E-state index in [9.17, 15) is 4.79 Å². The first-order valence-corrected chi connectivity index (χ1v) is 8.01. The monoisotopic (exact) mass is 316 g/mol. The molecule has 5 heteroatoms. The van der Waals surface area contributed by atoms with Crippen molar-refractivity contribution < 1.29 is 14.4 Å². The van der Waals surface area contributed by atoms with E-state index in [1.807, 2.05) is 30.3 Å². The third kappa shape index (κ3) is 5.21. The van der Waals surface area contributed by atoms with Gasteiger partial charge in [0.15, 0.2) is 11.5 Å². The van der Waals surface area contributed by atoms with Gasteiger partial charge in [0.05, 0.1) is 0 Å². The zero-order valence-electron chi connectivity index (χ0n) is 13.7. The number of benzene rings is 1. The van der Waals surface area contributed by atoms with E-state index >= 15 is 0 Å².